The molecule has 2 saturated heterocycles. The first-order chi connectivity index (χ1) is 9.99. The minimum Gasteiger partial charge on any atom is -0.383 e. The van der Waals surface area contributed by atoms with Crippen molar-refractivity contribution in [2.24, 2.45) is 0 Å². The van der Waals surface area contributed by atoms with E-state index in [2.05, 4.69) is 14.9 Å². The summed E-state index contributed by atoms with van der Waals surface area (Å²) < 4.78 is 1.90. The van der Waals surface area contributed by atoms with Gasteiger partial charge in [-0.05, 0) is 46.3 Å². The molecule has 2 fully saturated rings. The van der Waals surface area contributed by atoms with Gasteiger partial charge in [0.1, 0.15) is 5.60 Å². The monoisotopic (exact) mass is 312 g/mol. The molecule has 0 saturated carbocycles. The van der Waals surface area contributed by atoms with E-state index in [0.29, 0.717) is 11.1 Å². The standard InChI is InChI=1S/C15H25ClN4O/c1-18(2)8-9-20-14(13(16)11-17-20)15(21)5-7-19-6-3-4-12(19)10-15/h11-12,21H,3-10H2,1-2H3. The summed E-state index contributed by atoms with van der Waals surface area (Å²) in [5, 5.41) is 16.2. The van der Waals surface area contributed by atoms with E-state index in [4.69, 9.17) is 11.6 Å². The topological polar surface area (TPSA) is 44.5 Å². The Morgan fingerprint density at radius 2 is 2.29 bits per heavy atom. The van der Waals surface area contributed by atoms with E-state index in [-0.39, 0.29) is 0 Å². The number of piperidine rings is 1. The first-order valence-corrected chi connectivity index (χ1v) is 8.20. The fourth-order valence-corrected chi connectivity index (χ4v) is 4.06. The van der Waals surface area contributed by atoms with Gasteiger partial charge in [-0.15, -0.1) is 0 Å². The van der Waals surface area contributed by atoms with Crippen LogP contribution in [0.4, 0.5) is 0 Å². The van der Waals surface area contributed by atoms with Crippen LogP contribution in [0.1, 0.15) is 31.4 Å². The van der Waals surface area contributed by atoms with Crippen LogP contribution in [-0.2, 0) is 12.1 Å². The molecule has 21 heavy (non-hydrogen) atoms. The molecule has 5 nitrogen and oxygen atoms in total. The predicted molar refractivity (Wildman–Crippen MR) is 83.5 cm³/mol. The fraction of sp³-hybridized carbons (Fsp3) is 0.800. The molecule has 0 radical (unpaired) electrons. The van der Waals surface area contributed by atoms with Gasteiger partial charge in [0.25, 0.3) is 0 Å². The number of halogens is 1. The van der Waals surface area contributed by atoms with Crippen molar-refractivity contribution in [3.05, 3.63) is 16.9 Å². The summed E-state index contributed by atoms with van der Waals surface area (Å²) >= 11 is 6.36. The minimum absolute atomic E-state index is 0.497. The van der Waals surface area contributed by atoms with Crippen LogP contribution in [0.3, 0.4) is 0 Å². The van der Waals surface area contributed by atoms with Gasteiger partial charge in [-0.3, -0.25) is 4.68 Å². The van der Waals surface area contributed by atoms with Gasteiger partial charge in [0, 0.05) is 19.1 Å². The van der Waals surface area contributed by atoms with Gasteiger partial charge >= 0.3 is 0 Å². The number of fused-ring (bicyclic) bond motifs is 1. The molecule has 3 heterocycles. The second-order valence-corrected chi connectivity index (χ2v) is 7.09. The van der Waals surface area contributed by atoms with Crippen LogP contribution >= 0.6 is 11.6 Å². The second-order valence-electron chi connectivity index (χ2n) is 6.69. The number of rotatable bonds is 4. The van der Waals surface area contributed by atoms with E-state index in [1.807, 2.05) is 18.8 Å². The van der Waals surface area contributed by atoms with Crippen LogP contribution in [-0.4, -0.2) is 64.5 Å². The Morgan fingerprint density at radius 3 is 3.05 bits per heavy atom. The largest absolute Gasteiger partial charge is 0.383 e. The maximum atomic E-state index is 11.2. The van der Waals surface area contributed by atoms with Gasteiger partial charge in [0.2, 0.25) is 0 Å². The molecule has 0 aromatic carbocycles. The minimum atomic E-state index is -0.828. The average Bonchev–Trinajstić information content (AvgIpc) is 3.02. The maximum absolute atomic E-state index is 11.2. The summed E-state index contributed by atoms with van der Waals surface area (Å²) in [6.45, 7) is 3.77. The van der Waals surface area contributed by atoms with Crippen LogP contribution in [0.2, 0.25) is 5.02 Å². The number of aromatic nitrogens is 2. The van der Waals surface area contributed by atoms with E-state index < -0.39 is 5.60 Å². The summed E-state index contributed by atoms with van der Waals surface area (Å²) in [7, 11) is 4.08. The summed E-state index contributed by atoms with van der Waals surface area (Å²) in [6, 6.07) is 0.497. The molecule has 2 unspecified atom stereocenters. The quantitative estimate of drug-likeness (QED) is 0.916. The van der Waals surface area contributed by atoms with Gasteiger partial charge in [-0.1, -0.05) is 11.6 Å². The van der Waals surface area contributed by atoms with Crippen LogP contribution in [0.25, 0.3) is 0 Å². The Bertz CT molecular complexity index is 504. The zero-order chi connectivity index (χ0) is 15.0. The van der Waals surface area contributed by atoms with Gasteiger partial charge in [0.15, 0.2) is 0 Å². The number of hydrogen-bond donors (Lipinski definition) is 1. The normalized spacial score (nSPS) is 30.0. The first kappa shape index (κ1) is 15.3. The van der Waals surface area contributed by atoms with E-state index in [0.717, 1.165) is 38.2 Å². The Hall–Kier alpha value is -0.620. The molecule has 1 aromatic heterocycles. The third kappa shape index (κ3) is 2.97. The average molecular weight is 313 g/mol. The molecular formula is C15H25ClN4O. The molecule has 3 rings (SSSR count). The molecule has 1 aromatic rings. The lowest BCUT2D eigenvalue weighted by atomic mass is 9.84. The van der Waals surface area contributed by atoms with Crippen LogP contribution in [0, 0.1) is 0 Å². The van der Waals surface area contributed by atoms with E-state index >= 15 is 0 Å². The molecule has 118 valence electrons. The molecule has 2 aliphatic rings. The highest BCUT2D eigenvalue weighted by Crippen LogP contribution is 2.41. The van der Waals surface area contributed by atoms with Crippen LogP contribution in [0.15, 0.2) is 6.20 Å². The second kappa shape index (κ2) is 5.88. The summed E-state index contributed by atoms with van der Waals surface area (Å²) in [5.41, 5.74) is -0.0108. The highest BCUT2D eigenvalue weighted by molar-refractivity contribution is 6.31. The Morgan fingerprint density at radius 1 is 1.48 bits per heavy atom. The lowest BCUT2D eigenvalue weighted by molar-refractivity contribution is -0.0472. The van der Waals surface area contributed by atoms with Crippen molar-refractivity contribution in [1.29, 1.82) is 0 Å². The van der Waals surface area contributed by atoms with Crippen molar-refractivity contribution in [2.45, 2.75) is 43.9 Å². The van der Waals surface area contributed by atoms with E-state index in [1.165, 1.54) is 19.4 Å². The smallest absolute Gasteiger partial charge is 0.110 e. The molecular weight excluding hydrogens is 288 g/mol. The highest BCUT2D eigenvalue weighted by atomic mass is 35.5. The van der Waals surface area contributed by atoms with Crippen LogP contribution < -0.4 is 0 Å². The molecule has 0 amide bonds. The van der Waals surface area contributed by atoms with Gasteiger partial charge in [0.05, 0.1) is 23.5 Å². The molecule has 2 aliphatic heterocycles. The van der Waals surface area contributed by atoms with Crippen molar-refractivity contribution in [3.8, 4) is 0 Å². The van der Waals surface area contributed by atoms with Crippen molar-refractivity contribution >= 4 is 11.6 Å². The molecule has 0 bridgehead atoms. The summed E-state index contributed by atoms with van der Waals surface area (Å²) in [4.78, 5) is 4.62. The van der Waals surface area contributed by atoms with Crippen molar-refractivity contribution in [3.63, 3.8) is 0 Å². The van der Waals surface area contributed by atoms with Crippen molar-refractivity contribution in [2.75, 3.05) is 33.7 Å². The third-order valence-electron chi connectivity index (χ3n) is 4.88. The summed E-state index contributed by atoms with van der Waals surface area (Å²) in [5.74, 6) is 0. The molecule has 2 atom stereocenters. The Balaban J connectivity index is 1.83. The molecule has 0 spiro atoms. The third-order valence-corrected chi connectivity index (χ3v) is 5.16. The van der Waals surface area contributed by atoms with Gasteiger partial charge < -0.3 is 14.9 Å². The zero-order valence-electron chi connectivity index (χ0n) is 12.9. The highest BCUT2D eigenvalue weighted by Gasteiger charge is 2.44. The fourth-order valence-electron chi connectivity index (χ4n) is 3.75. The Labute approximate surface area is 131 Å². The Kier molecular flexibility index (Phi) is 4.28. The lowest BCUT2D eigenvalue weighted by Crippen LogP contribution is -2.47. The SMILES string of the molecule is CN(C)CCn1ncc(Cl)c1C1(O)CCN2CCCC2C1. The van der Waals surface area contributed by atoms with E-state index in [9.17, 15) is 5.11 Å². The number of likely N-dealkylation sites (N-methyl/N-ethyl adjacent to an activating group) is 1. The lowest BCUT2D eigenvalue weighted by Gasteiger charge is -2.41. The van der Waals surface area contributed by atoms with Crippen LogP contribution in [0.5, 0.6) is 0 Å². The molecule has 1 N–H and O–H groups in total. The molecule has 0 aliphatic carbocycles. The van der Waals surface area contributed by atoms with E-state index in [1.54, 1.807) is 6.20 Å². The predicted octanol–water partition coefficient (Wildman–Crippen LogP) is 1.54. The number of nitrogens with zero attached hydrogens (tertiary/aromatic N) is 4. The molecule has 6 heteroatoms. The van der Waals surface area contributed by atoms with Gasteiger partial charge in [-0.2, -0.15) is 5.10 Å². The van der Waals surface area contributed by atoms with Crippen molar-refractivity contribution < 1.29 is 5.11 Å². The van der Waals surface area contributed by atoms with Crippen molar-refractivity contribution in [1.82, 2.24) is 19.6 Å². The number of aliphatic hydroxyl groups is 1. The zero-order valence-corrected chi connectivity index (χ0v) is 13.7. The summed E-state index contributed by atoms with van der Waals surface area (Å²) in [6.07, 6.45) is 5.63. The van der Waals surface area contributed by atoms with Gasteiger partial charge in [-0.25, -0.2) is 0 Å². The number of hydrogen-bond acceptors (Lipinski definition) is 4. The maximum Gasteiger partial charge on any atom is 0.110 e. The first-order valence-electron chi connectivity index (χ1n) is 7.82.